The molecule has 1 saturated heterocycles. The summed E-state index contributed by atoms with van der Waals surface area (Å²) in [6, 6.07) is 25.8. The number of fused-ring (bicyclic) bond motifs is 2. The molecule has 6 rings (SSSR count). The summed E-state index contributed by atoms with van der Waals surface area (Å²) in [5.41, 5.74) is 4.37. The zero-order chi connectivity index (χ0) is 25.4. The number of hydrogen-bond acceptors (Lipinski definition) is 6. The van der Waals surface area contributed by atoms with Gasteiger partial charge in [0.15, 0.2) is 6.29 Å². The maximum Gasteiger partial charge on any atom is 0.338 e. The summed E-state index contributed by atoms with van der Waals surface area (Å²) >= 11 is 0. The highest BCUT2D eigenvalue weighted by Crippen LogP contribution is 2.40. The van der Waals surface area contributed by atoms with Gasteiger partial charge in [-0.15, -0.1) is 0 Å². The molecule has 0 amide bonds. The molecular weight excluding hydrogens is 468 g/mol. The lowest BCUT2D eigenvalue weighted by Crippen LogP contribution is -2.39. The molecule has 0 saturated carbocycles. The van der Waals surface area contributed by atoms with E-state index in [9.17, 15) is 9.90 Å². The van der Waals surface area contributed by atoms with Crippen LogP contribution in [0.2, 0.25) is 0 Å². The van der Waals surface area contributed by atoms with Gasteiger partial charge in [0, 0.05) is 25.5 Å². The van der Waals surface area contributed by atoms with E-state index in [-0.39, 0.29) is 12.6 Å². The molecule has 4 aromatic rings. The highest BCUT2D eigenvalue weighted by molar-refractivity contribution is 6.07. The van der Waals surface area contributed by atoms with E-state index in [2.05, 4.69) is 0 Å². The molecule has 0 radical (unpaired) electrons. The molecule has 6 heteroatoms. The fraction of sp³-hybridized carbons (Fsp3) is 0.258. The van der Waals surface area contributed by atoms with Crippen LogP contribution in [-0.2, 0) is 33.0 Å². The van der Waals surface area contributed by atoms with Gasteiger partial charge in [-0.25, -0.2) is 4.79 Å². The molecule has 2 aliphatic rings. The van der Waals surface area contributed by atoms with Crippen molar-refractivity contribution in [3.8, 4) is 16.9 Å². The molecule has 0 spiro atoms. The molecule has 0 aliphatic carbocycles. The van der Waals surface area contributed by atoms with Crippen LogP contribution in [0.15, 0.2) is 78.9 Å². The van der Waals surface area contributed by atoms with Crippen molar-refractivity contribution in [1.82, 2.24) is 0 Å². The number of esters is 1. The smallest absolute Gasteiger partial charge is 0.338 e. The van der Waals surface area contributed by atoms with Crippen molar-refractivity contribution in [3.63, 3.8) is 0 Å². The maximum atomic E-state index is 12.3. The summed E-state index contributed by atoms with van der Waals surface area (Å²) in [6.45, 7) is 1.06. The third-order valence-corrected chi connectivity index (χ3v) is 7.31. The van der Waals surface area contributed by atoms with Crippen LogP contribution in [0.25, 0.3) is 21.9 Å². The summed E-state index contributed by atoms with van der Waals surface area (Å²) in [7, 11) is 1.59. The van der Waals surface area contributed by atoms with Crippen molar-refractivity contribution in [2.75, 3.05) is 13.7 Å². The Morgan fingerprint density at radius 3 is 2.73 bits per heavy atom. The first-order chi connectivity index (χ1) is 18.0. The Morgan fingerprint density at radius 2 is 1.89 bits per heavy atom. The fourth-order valence-corrected chi connectivity index (χ4v) is 5.32. The van der Waals surface area contributed by atoms with E-state index in [4.69, 9.17) is 18.9 Å². The van der Waals surface area contributed by atoms with Gasteiger partial charge in [0.2, 0.25) is 0 Å². The Labute approximate surface area is 215 Å². The number of methoxy groups -OCH3 is 1. The number of carbonyl (C=O) groups excluding carboxylic acids is 1. The van der Waals surface area contributed by atoms with Crippen LogP contribution in [0, 0.1) is 0 Å². The van der Waals surface area contributed by atoms with Gasteiger partial charge in [0.1, 0.15) is 19.0 Å². The van der Waals surface area contributed by atoms with E-state index in [1.165, 1.54) is 0 Å². The van der Waals surface area contributed by atoms with Crippen LogP contribution in [0.1, 0.15) is 39.9 Å². The van der Waals surface area contributed by atoms with E-state index in [1.807, 2.05) is 78.9 Å². The second-order valence-corrected chi connectivity index (χ2v) is 9.61. The minimum atomic E-state index is -0.998. The molecule has 2 heterocycles. The van der Waals surface area contributed by atoms with E-state index >= 15 is 0 Å². The average Bonchev–Trinajstić information content (AvgIpc) is 3.31. The summed E-state index contributed by atoms with van der Waals surface area (Å²) in [6.07, 6.45) is 0.481. The molecule has 4 aromatic carbocycles. The predicted octanol–water partition coefficient (Wildman–Crippen LogP) is 5.73. The fourth-order valence-electron chi connectivity index (χ4n) is 5.32. The zero-order valence-electron chi connectivity index (χ0n) is 20.6. The first kappa shape index (κ1) is 23.7. The van der Waals surface area contributed by atoms with Crippen LogP contribution < -0.4 is 4.74 Å². The average molecular weight is 497 g/mol. The predicted molar refractivity (Wildman–Crippen MR) is 139 cm³/mol. The molecule has 6 nitrogen and oxygen atoms in total. The first-order valence-electron chi connectivity index (χ1n) is 12.5. The van der Waals surface area contributed by atoms with Crippen molar-refractivity contribution < 1.29 is 28.8 Å². The van der Waals surface area contributed by atoms with Crippen LogP contribution in [-0.4, -0.2) is 31.1 Å². The first-order valence-corrected chi connectivity index (χ1v) is 12.5. The highest BCUT2D eigenvalue weighted by atomic mass is 16.7. The van der Waals surface area contributed by atoms with Crippen molar-refractivity contribution >= 4 is 16.7 Å². The van der Waals surface area contributed by atoms with E-state index in [1.54, 1.807) is 7.11 Å². The SMILES string of the molecule is CO[C@H]1C[C@](O)(c2cccc(COc3ccc4cc5c(c(-c6ccccc6)c4c3)COC5=O)c2)CCO1. The van der Waals surface area contributed by atoms with Gasteiger partial charge in [-0.1, -0.05) is 54.6 Å². The molecule has 0 bridgehead atoms. The van der Waals surface area contributed by atoms with Crippen LogP contribution >= 0.6 is 0 Å². The van der Waals surface area contributed by atoms with Crippen LogP contribution in [0.4, 0.5) is 0 Å². The Kier molecular flexibility index (Phi) is 6.16. The topological polar surface area (TPSA) is 74.2 Å². The largest absolute Gasteiger partial charge is 0.489 e. The number of aliphatic hydroxyl groups is 1. The Hall–Kier alpha value is -3.71. The third-order valence-electron chi connectivity index (χ3n) is 7.31. The van der Waals surface area contributed by atoms with Crippen molar-refractivity contribution in [1.29, 1.82) is 0 Å². The molecule has 188 valence electrons. The Balaban J connectivity index is 1.30. The Morgan fingerprint density at radius 1 is 1.03 bits per heavy atom. The van der Waals surface area contributed by atoms with E-state index < -0.39 is 11.9 Å². The van der Waals surface area contributed by atoms with Crippen LogP contribution in [0.3, 0.4) is 0 Å². The number of benzene rings is 4. The number of cyclic esters (lactones) is 1. The lowest BCUT2D eigenvalue weighted by atomic mass is 9.85. The molecule has 1 fully saturated rings. The van der Waals surface area contributed by atoms with Gasteiger partial charge in [0.25, 0.3) is 0 Å². The van der Waals surface area contributed by atoms with Gasteiger partial charge in [0.05, 0.1) is 17.8 Å². The second kappa shape index (κ2) is 9.63. The van der Waals surface area contributed by atoms with E-state index in [0.717, 1.165) is 44.3 Å². The minimum absolute atomic E-state index is 0.268. The van der Waals surface area contributed by atoms with Gasteiger partial charge < -0.3 is 24.1 Å². The van der Waals surface area contributed by atoms with Gasteiger partial charge in [-0.2, -0.15) is 0 Å². The number of rotatable bonds is 6. The molecule has 37 heavy (non-hydrogen) atoms. The lowest BCUT2D eigenvalue weighted by molar-refractivity contribution is -0.202. The molecule has 1 N–H and O–H groups in total. The van der Waals surface area contributed by atoms with Crippen molar-refractivity contribution in [3.05, 3.63) is 101 Å². The molecular formula is C31H28O6. The molecule has 2 aliphatic heterocycles. The highest BCUT2D eigenvalue weighted by Gasteiger charge is 2.37. The molecule has 2 atom stereocenters. The number of ether oxygens (including phenoxy) is 4. The summed E-state index contributed by atoms with van der Waals surface area (Å²) < 4.78 is 22.5. The van der Waals surface area contributed by atoms with Gasteiger partial charge in [-0.05, 0) is 57.3 Å². The Bertz CT molecular complexity index is 1460. The minimum Gasteiger partial charge on any atom is -0.489 e. The number of hydrogen-bond donors (Lipinski definition) is 1. The van der Waals surface area contributed by atoms with Gasteiger partial charge >= 0.3 is 5.97 Å². The van der Waals surface area contributed by atoms with Crippen molar-refractivity contribution in [2.45, 2.75) is 37.9 Å². The third kappa shape index (κ3) is 4.48. The lowest BCUT2D eigenvalue weighted by Gasteiger charge is -2.36. The monoisotopic (exact) mass is 496 g/mol. The summed E-state index contributed by atoms with van der Waals surface area (Å²) in [5.74, 6) is 0.446. The van der Waals surface area contributed by atoms with Gasteiger partial charge in [-0.3, -0.25) is 0 Å². The van der Waals surface area contributed by atoms with Crippen LogP contribution in [0.5, 0.6) is 5.75 Å². The van der Waals surface area contributed by atoms with E-state index in [0.29, 0.717) is 31.6 Å². The number of carbonyl (C=O) groups is 1. The molecule has 0 aromatic heterocycles. The summed E-state index contributed by atoms with van der Waals surface area (Å²) in [4.78, 5) is 12.3. The second-order valence-electron chi connectivity index (χ2n) is 9.61. The maximum absolute atomic E-state index is 12.3. The quantitative estimate of drug-likeness (QED) is 0.344. The zero-order valence-corrected chi connectivity index (χ0v) is 20.6. The summed E-state index contributed by atoms with van der Waals surface area (Å²) in [5, 5.41) is 13.2. The standard InChI is InChI=1S/C31H28O6/c1-34-28-17-31(33,12-13-35-28)23-9-5-6-20(14-23)18-36-24-11-10-22-15-26-27(19-37-30(26)32)29(25(22)16-24)21-7-3-2-4-8-21/h2-11,14-16,28,33H,12-13,17-19H2,1H3/t28-,31+/m1/s1. The molecule has 0 unspecified atom stereocenters. The van der Waals surface area contributed by atoms with Crippen molar-refractivity contribution in [2.24, 2.45) is 0 Å². The normalized spacial score (nSPS) is 21.0.